The predicted octanol–water partition coefficient (Wildman–Crippen LogP) is 4.09. The van der Waals surface area contributed by atoms with E-state index < -0.39 is 0 Å². The second-order valence-corrected chi connectivity index (χ2v) is 5.05. The highest BCUT2D eigenvalue weighted by Gasteiger charge is 2.19. The number of hydrogen-bond acceptors (Lipinski definition) is 1. The second kappa shape index (κ2) is 4.58. The van der Waals surface area contributed by atoms with Crippen LogP contribution in [-0.2, 0) is 6.42 Å². The van der Waals surface area contributed by atoms with Gasteiger partial charge in [-0.15, -0.1) is 0 Å². The monoisotopic (exact) mass is 238 g/mol. The lowest BCUT2D eigenvalue weighted by Gasteiger charge is -2.11. The molecule has 1 heteroatoms. The summed E-state index contributed by atoms with van der Waals surface area (Å²) in [6.45, 7) is 2.10. The zero-order valence-electron chi connectivity index (χ0n) is 10.7. The lowest BCUT2D eigenvalue weighted by Crippen LogP contribution is -1.97. The first-order chi connectivity index (χ1) is 8.79. The maximum atomic E-state index is 10.1. The van der Waals surface area contributed by atoms with Crippen molar-refractivity contribution in [3.63, 3.8) is 0 Å². The van der Waals surface area contributed by atoms with Crippen molar-refractivity contribution in [3.8, 4) is 11.1 Å². The number of benzene rings is 2. The minimum Gasteiger partial charge on any atom is -0.388 e. The van der Waals surface area contributed by atoms with Gasteiger partial charge in [0.25, 0.3) is 0 Å². The Hall–Kier alpha value is -1.60. The zero-order valence-corrected chi connectivity index (χ0v) is 10.7. The number of rotatable bonds is 3. The van der Waals surface area contributed by atoms with Crippen molar-refractivity contribution in [1.82, 2.24) is 0 Å². The molecule has 0 saturated heterocycles. The molecule has 1 unspecified atom stereocenters. The SMILES string of the molecule is CCCC(O)c1ccc2c(c1)-c1ccccc1C2. The first kappa shape index (κ1) is 11.5. The van der Waals surface area contributed by atoms with Gasteiger partial charge in [-0.2, -0.15) is 0 Å². The summed E-state index contributed by atoms with van der Waals surface area (Å²) < 4.78 is 0. The Balaban J connectivity index is 2.03. The van der Waals surface area contributed by atoms with E-state index in [1.165, 1.54) is 22.3 Å². The molecule has 3 rings (SSSR count). The molecule has 0 heterocycles. The van der Waals surface area contributed by atoms with Crippen molar-refractivity contribution < 1.29 is 5.11 Å². The molecule has 1 aliphatic carbocycles. The van der Waals surface area contributed by atoms with E-state index in [1.807, 2.05) is 0 Å². The van der Waals surface area contributed by atoms with Gasteiger partial charge in [-0.1, -0.05) is 49.7 Å². The van der Waals surface area contributed by atoms with Gasteiger partial charge >= 0.3 is 0 Å². The lowest BCUT2D eigenvalue weighted by molar-refractivity contribution is 0.166. The molecular weight excluding hydrogens is 220 g/mol. The van der Waals surface area contributed by atoms with Crippen LogP contribution in [0.2, 0.25) is 0 Å². The van der Waals surface area contributed by atoms with Crippen LogP contribution in [-0.4, -0.2) is 5.11 Å². The molecule has 92 valence electrons. The highest BCUT2D eigenvalue weighted by atomic mass is 16.3. The van der Waals surface area contributed by atoms with Gasteiger partial charge in [0.05, 0.1) is 6.10 Å². The van der Waals surface area contributed by atoms with Gasteiger partial charge in [0, 0.05) is 0 Å². The molecule has 0 saturated carbocycles. The van der Waals surface area contributed by atoms with E-state index in [1.54, 1.807) is 0 Å². The van der Waals surface area contributed by atoms with Crippen LogP contribution >= 0.6 is 0 Å². The molecule has 2 aromatic carbocycles. The molecule has 0 fully saturated rings. The summed E-state index contributed by atoms with van der Waals surface area (Å²) in [5.41, 5.74) is 6.46. The van der Waals surface area contributed by atoms with Gasteiger partial charge in [-0.3, -0.25) is 0 Å². The van der Waals surface area contributed by atoms with Crippen LogP contribution < -0.4 is 0 Å². The normalized spacial score (nSPS) is 14.1. The first-order valence-corrected chi connectivity index (χ1v) is 6.68. The minimum atomic E-state index is -0.326. The molecule has 2 aromatic rings. The Kier molecular flexibility index (Phi) is 2.92. The fourth-order valence-electron chi connectivity index (χ4n) is 2.79. The fourth-order valence-corrected chi connectivity index (χ4v) is 2.79. The van der Waals surface area contributed by atoms with Crippen LogP contribution in [0.4, 0.5) is 0 Å². The summed E-state index contributed by atoms with van der Waals surface area (Å²) in [5.74, 6) is 0. The standard InChI is InChI=1S/C17H18O/c1-2-5-17(18)14-9-8-13-10-12-6-3-4-7-15(12)16(13)11-14/h3-4,6-9,11,17-18H,2,5,10H2,1H3. The van der Waals surface area contributed by atoms with Crippen molar-refractivity contribution in [1.29, 1.82) is 0 Å². The highest BCUT2D eigenvalue weighted by Crippen LogP contribution is 2.38. The number of fused-ring (bicyclic) bond motifs is 3. The second-order valence-electron chi connectivity index (χ2n) is 5.05. The topological polar surface area (TPSA) is 20.2 Å². The molecule has 0 bridgehead atoms. The zero-order chi connectivity index (χ0) is 12.5. The first-order valence-electron chi connectivity index (χ1n) is 6.68. The highest BCUT2D eigenvalue weighted by molar-refractivity contribution is 5.77. The van der Waals surface area contributed by atoms with Crippen LogP contribution in [0.25, 0.3) is 11.1 Å². The van der Waals surface area contributed by atoms with Gasteiger partial charge in [-0.05, 0) is 46.7 Å². The Morgan fingerprint density at radius 1 is 1.06 bits per heavy atom. The van der Waals surface area contributed by atoms with E-state index in [9.17, 15) is 5.11 Å². The smallest absolute Gasteiger partial charge is 0.0790 e. The lowest BCUT2D eigenvalue weighted by atomic mass is 9.98. The van der Waals surface area contributed by atoms with E-state index in [0.29, 0.717) is 0 Å². The predicted molar refractivity (Wildman–Crippen MR) is 74.6 cm³/mol. The van der Waals surface area contributed by atoms with Crippen molar-refractivity contribution in [3.05, 3.63) is 59.2 Å². The van der Waals surface area contributed by atoms with Crippen LogP contribution in [0.3, 0.4) is 0 Å². The van der Waals surface area contributed by atoms with E-state index in [2.05, 4.69) is 49.4 Å². The van der Waals surface area contributed by atoms with Crippen LogP contribution in [0, 0.1) is 0 Å². The molecule has 0 amide bonds. The minimum absolute atomic E-state index is 0.326. The average Bonchev–Trinajstić information content (AvgIpc) is 2.76. The number of aliphatic hydroxyl groups is 1. The third kappa shape index (κ3) is 1.85. The largest absolute Gasteiger partial charge is 0.388 e. The molecule has 1 aliphatic rings. The molecule has 0 radical (unpaired) electrons. The summed E-state index contributed by atoms with van der Waals surface area (Å²) in [4.78, 5) is 0. The summed E-state index contributed by atoms with van der Waals surface area (Å²) in [6.07, 6.45) is 2.54. The van der Waals surface area contributed by atoms with Gasteiger partial charge in [0.2, 0.25) is 0 Å². The molecule has 18 heavy (non-hydrogen) atoms. The van der Waals surface area contributed by atoms with Crippen LogP contribution in [0.1, 0.15) is 42.6 Å². The van der Waals surface area contributed by atoms with Crippen molar-refractivity contribution >= 4 is 0 Å². The molecular formula is C17H18O. The Morgan fingerprint density at radius 2 is 1.83 bits per heavy atom. The number of hydrogen-bond donors (Lipinski definition) is 1. The van der Waals surface area contributed by atoms with Crippen molar-refractivity contribution in [2.75, 3.05) is 0 Å². The van der Waals surface area contributed by atoms with E-state index in [0.717, 1.165) is 24.8 Å². The maximum absolute atomic E-state index is 10.1. The third-order valence-electron chi connectivity index (χ3n) is 3.77. The summed E-state index contributed by atoms with van der Waals surface area (Å²) in [7, 11) is 0. The fraction of sp³-hybridized carbons (Fsp3) is 0.294. The average molecular weight is 238 g/mol. The Bertz CT molecular complexity index is 572. The quantitative estimate of drug-likeness (QED) is 0.728. The van der Waals surface area contributed by atoms with E-state index in [-0.39, 0.29) is 6.10 Å². The molecule has 1 nitrogen and oxygen atoms in total. The third-order valence-corrected chi connectivity index (χ3v) is 3.77. The summed E-state index contributed by atoms with van der Waals surface area (Å²) in [5, 5.41) is 10.1. The molecule has 0 spiro atoms. The molecule has 0 aromatic heterocycles. The van der Waals surface area contributed by atoms with Gasteiger partial charge in [0.15, 0.2) is 0 Å². The Morgan fingerprint density at radius 3 is 2.67 bits per heavy atom. The molecule has 0 aliphatic heterocycles. The van der Waals surface area contributed by atoms with E-state index >= 15 is 0 Å². The maximum Gasteiger partial charge on any atom is 0.0790 e. The Labute approximate surface area is 108 Å². The molecule has 1 atom stereocenters. The van der Waals surface area contributed by atoms with Gasteiger partial charge < -0.3 is 5.11 Å². The summed E-state index contributed by atoms with van der Waals surface area (Å²) >= 11 is 0. The van der Waals surface area contributed by atoms with E-state index in [4.69, 9.17) is 0 Å². The van der Waals surface area contributed by atoms with Crippen molar-refractivity contribution in [2.24, 2.45) is 0 Å². The summed E-state index contributed by atoms with van der Waals surface area (Å²) in [6, 6.07) is 15.0. The van der Waals surface area contributed by atoms with Crippen molar-refractivity contribution in [2.45, 2.75) is 32.3 Å². The van der Waals surface area contributed by atoms with Crippen LogP contribution in [0.15, 0.2) is 42.5 Å². The van der Waals surface area contributed by atoms with Gasteiger partial charge in [-0.25, -0.2) is 0 Å². The molecule has 1 N–H and O–H groups in total. The van der Waals surface area contributed by atoms with Crippen LogP contribution in [0.5, 0.6) is 0 Å². The van der Waals surface area contributed by atoms with Gasteiger partial charge in [0.1, 0.15) is 0 Å². The number of aliphatic hydroxyl groups excluding tert-OH is 1.